The van der Waals surface area contributed by atoms with E-state index in [1.807, 2.05) is 30.3 Å². The first-order valence-electron chi connectivity index (χ1n) is 7.81. The molecule has 1 aliphatic carbocycles. The fraction of sp³-hybridized carbons (Fsp3) is 0.333. The molecule has 0 atom stereocenters. The van der Waals surface area contributed by atoms with E-state index < -0.39 is 0 Å². The molecule has 8 nitrogen and oxygen atoms in total. The Kier molecular flexibility index (Phi) is 4.45. The zero-order valence-corrected chi connectivity index (χ0v) is 15.1. The summed E-state index contributed by atoms with van der Waals surface area (Å²) in [6.45, 7) is 1.57. The van der Waals surface area contributed by atoms with Crippen LogP contribution < -0.4 is 4.90 Å². The Morgan fingerprint density at radius 1 is 1.28 bits per heavy atom. The van der Waals surface area contributed by atoms with Gasteiger partial charge in [-0.25, -0.2) is 0 Å². The zero-order valence-electron chi connectivity index (χ0n) is 13.4. The molecule has 1 amide bonds. The van der Waals surface area contributed by atoms with Crippen molar-refractivity contribution >= 4 is 34.1 Å². The number of rotatable bonds is 6. The first-order valence-corrected chi connectivity index (χ1v) is 9.61. The molecule has 1 aliphatic rings. The molecule has 0 bridgehead atoms. The van der Waals surface area contributed by atoms with Gasteiger partial charge in [-0.1, -0.05) is 41.3 Å². The van der Waals surface area contributed by atoms with Crippen LogP contribution in [0, 0.1) is 0 Å². The molecule has 1 aromatic carbocycles. The minimum absolute atomic E-state index is 0.0169. The molecular formula is C15H15N7OS2. The molecule has 25 heavy (non-hydrogen) atoms. The van der Waals surface area contributed by atoms with Crippen molar-refractivity contribution in [3.8, 4) is 5.69 Å². The van der Waals surface area contributed by atoms with Crippen molar-refractivity contribution in [2.75, 3.05) is 4.90 Å². The average Bonchev–Trinajstić information content (AvgIpc) is 3.15. The van der Waals surface area contributed by atoms with Crippen LogP contribution in [0.1, 0.15) is 25.6 Å². The minimum atomic E-state index is 0.0169. The summed E-state index contributed by atoms with van der Waals surface area (Å²) in [6, 6.07) is 10.0. The van der Waals surface area contributed by atoms with Gasteiger partial charge in [0, 0.05) is 13.0 Å². The van der Waals surface area contributed by atoms with Crippen LogP contribution in [0.5, 0.6) is 0 Å². The van der Waals surface area contributed by atoms with Crippen molar-refractivity contribution in [1.29, 1.82) is 0 Å². The molecule has 10 heteroatoms. The van der Waals surface area contributed by atoms with Crippen molar-refractivity contribution in [1.82, 2.24) is 30.4 Å². The van der Waals surface area contributed by atoms with E-state index >= 15 is 0 Å². The standard InChI is InChI=1S/C15H15N7OS2/c1-10(23)21(11-7-8-11)14-17-18-15(25-14)24-9-13-16-19-20-22(13)12-5-3-2-4-6-12/h2-6,11H,7-9H2,1H3. The van der Waals surface area contributed by atoms with Crippen LogP contribution in [0.4, 0.5) is 5.13 Å². The van der Waals surface area contributed by atoms with Crippen LogP contribution in [0.15, 0.2) is 34.7 Å². The normalized spacial score (nSPS) is 13.8. The highest BCUT2D eigenvalue weighted by Gasteiger charge is 2.34. The lowest BCUT2D eigenvalue weighted by Gasteiger charge is -2.15. The summed E-state index contributed by atoms with van der Waals surface area (Å²) in [5, 5.41) is 20.9. The number of tetrazole rings is 1. The fourth-order valence-corrected chi connectivity index (χ4v) is 4.29. The first kappa shape index (κ1) is 16.2. The Balaban J connectivity index is 1.46. The third-order valence-corrected chi connectivity index (χ3v) is 5.76. The molecule has 0 unspecified atom stereocenters. The lowest BCUT2D eigenvalue weighted by atomic mass is 10.3. The van der Waals surface area contributed by atoms with Gasteiger partial charge in [-0.15, -0.1) is 15.3 Å². The largest absolute Gasteiger partial charge is 0.284 e. The summed E-state index contributed by atoms with van der Waals surface area (Å²) in [5.74, 6) is 1.32. The molecule has 0 N–H and O–H groups in total. The second kappa shape index (κ2) is 6.89. The summed E-state index contributed by atoms with van der Waals surface area (Å²) >= 11 is 2.94. The molecular weight excluding hydrogens is 358 g/mol. The number of nitrogens with zero attached hydrogens (tertiary/aromatic N) is 7. The van der Waals surface area contributed by atoms with Gasteiger partial charge in [-0.05, 0) is 35.4 Å². The molecule has 2 heterocycles. The third-order valence-electron chi connectivity index (χ3n) is 3.71. The predicted octanol–water partition coefficient (Wildman–Crippen LogP) is 2.32. The third kappa shape index (κ3) is 3.54. The van der Waals surface area contributed by atoms with Crippen molar-refractivity contribution in [3.05, 3.63) is 36.2 Å². The van der Waals surface area contributed by atoms with Crippen LogP contribution in [-0.4, -0.2) is 42.4 Å². The second-order valence-corrected chi connectivity index (χ2v) is 7.78. The highest BCUT2D eigenvalue weighted by Crippen LogP contribution is 2.36. The van der Waals surface area contributed by atoms with E-state index in [1.54, 1.807) is 16.5 Å². The Morgan fingerprint density at radius 3 is 2.80 bits per heavy atom. The number of hydrogen-bond acceptors (Lipinski definition) is 8. The van der Waals surface area contributed by atoms with Crippen LogP contribution in [0.25, 0.3) is 5.69 Å². The van der Waals surface area contributed by atoms with Gasteiger partial charge in [-0.3, -0.25) is 9.69 Å². The van der Waals surface area contributed by atoms with Gasteiger partial charge in [0.05, 0.1) is 11.4 Å². The number of thioether (sulfide) groups is 1. The molecule has 3 aromatic rings. The Bertz CT molecular complexity index is 875. The molecule has 4 rings (SSSR count). The van der Waals surface area contributed by atoms with E-state index in [9.17, 15) is 4.79 Å². The van der Waals surface area contributed by atoms with E-state index in [2.05, 4.69) is 25.7 Å². The molecule has 0 spiro atoms. The molecule has 1 fully saturated rings. The number of carbonyl (C=O) groups excluding carboxylic acids is 1. The number of anilines is 1. The van der Waals surface area contributed by atoms with E-state index in [0.29, 0.717) is 10.9 Å². The summed E-state index contributed by atoms with van der Waals surface area (Å²) in [4.78, 5) is 13.6. The van der Waals surface area contributed by atoms with Crippen LogP contribution in [0.3, 0.4) is 0 Å². The Labute approximate surface area is 152 Å². The molecule has 0 aliphatic heterocycles. The number of carbonyl (C=O) groups is 1. The number of hydrogen-bond donors (Lipinski definition) is 0. The summed E-state index contributed by atoms with van der Waals surface area (Å²) < 4.78 is 2.51. The molecule has 0 radical (unpaired) electrons. The van der Waals surface area contributed by atoms with Gasteiger partial charge in [0.2, 0.25) is 11.0 Å². The molecule has 1 saturated carbocycles. The molecule has 0 saturated heterocycles. The lowest BCUT2D eigenvalue weighted by molar-refractivity contribution is -0.116. The number of benzene rings is 1. The Hall–Kier alpha value is -2.33. The van der Waals surface area contributed by atoms with Crippen LogP contribution in [-0.2, 0) is 10.5 Å². The maximum atomic E-state index is 11.8. The number of para-hydroxylation sites is 1. The maximum absolute atomic E-state index is 11.8. The fourth-order valence-electron chi connectivity index (χ4n) is 2.43. The number of aromatic nitrogens is 6. The monoisotopic (exact) mass is 373 g/mol. The van der Waals surface area contributed by atoms with E-state index in [0.717, 1.165) is 28.7 Å². The van der Waals surface area contributed by atoms with E-state index in [-0.39, 0.29) is 11.9 Å². The van der Waals surface area contributed by atoms with Gasteiger partial charge in [0.15, 0.2) is 10.2 Å². The average molecular weight is 373 g/mol. The second-order valence-electron chi connectivity index (χ2n) is 5.60. The van der Waals surface area contributed by atoms with Gasteiger partial charge in [0.25, 0.3) is 0 Å². The van der Waals surface area contributed by atoms with E-state index in [4.69, 9.17) is 0 Å². The summed E-state index contributed by atoms with van der Waals surface area (Å²) in [5.41, 5.74) is 0.914. The topological polar surface area (TPSA) is 89.7 Å². The first-order chi connectivity index (χ1) is 12.2. The number of amides is 1. The summed E-state index contributed by atoms with van der Waals surface area (Å²) in [7, 11) is 0. The van der Waals surface area contributed by atoms with Crippen molar-refractivity contribution < 1.29 is 4.79 Å². The quantitative estimate of drug-likeness (QED) is 0.484. The Morgan fingerprint density at radius 2 is 2.08 bits per heavy atom. The smallest absolute Gasteiger partial charge is 0.225 e. The van der Waals surface area contributed by atoms with Gasteiger partial charge >= 0.3 is 0 Å². The molecule has 128 valence electrons. The lowest BCUT2D eigenvalue weighted by Crippen LogP contribution is -2.30. The van der Waals surface area contributed by atoms with Crippen molar-refractivity contribution in [3.63, 3.8) is 0 Å². The summed E-state index contributed by atoms with van der Waals surface area (Å²) in [6.07, 6.45) is 2.07. The van der Waals surface area contributed by atoms with Crippen molar-refractivity contribution in [2.45, 2.75) is 35.9 Å². The van der Waals surface area contributed by atoms with E-state index in [1.165, 1.54) is 23.1 Å². The zero-order chi connectivity index (χ0) is 17.2. The highest BCUT2D eigenvalue weighted by atomic mass is 32.2. The van der Waals surface area contributed by atoms with Crippen LogP contribution >= 0.6 is 23.1 Å². The predicted molar refractivity (Wildman–Crippen MR) is 94.8 cm³/mol. The van der Waals surface area contributed by atoms with Crippen LogP contribution in [0.2, 0.25) is 0 Å². The minimum Gasteiger partial charge on any atom is -0.284 e. The van der Waals surface area contributed by atoms with Gasteiger partial charge in [-0.2, -0.15) is 4.68 Å². The van der Waals surface area contributed by atoms with Gasteiger partial charge in [0.1, 0.15) is 0 Å². The SMILES string of the molecule is CC(=O)N(c1nnc(SCc2nnnn2-c2ccccc2)s1)C1CC1. The highest BCUT2D eigenvalue weighted by molar-refractivity contribution is 8.00. The van der Waals surface area contributed by atoms with Crippen molar-refractivity contribution in [2.24, 2.45) is 0 Å². The maximum Gasteiger partial charge on any atom is 0.225 e. The molecule has 2 aromatic heterocycles. The van der Waals surface area contributed by atoms with Gasteiger partial charge < -0.3 is 0 Å².